The van der Waals surface area contributed by atoms with E-state index in [0.29, 0.717) is 16.6 Å². The predicted molar refractivity (Wildman–Crippen MR) is 94.1 cm³/mol. The van der Waals surface area contributed by atoms with Crippen LogP contribution in [0.4, 0.5) is 0 Å². The summed E-state index contributed by atoms with van der Waals surface area (Å²) >= 11 is 5.56. The van der Waals surface area contributed by atoms with Gasteiger partial charge in [0.05, 0.1) is 10.9 Å². The number of hydrogen-bond donors (Lipinski definition) is 1. The number of aryl methyl sites for hydroxylation is 1. The summed E-state index contributed by atoms with van der Waals surface area (Å²) in [5.74, 6) is 2.83. The minimum atomic E-state index is 0.0866. The van der Waals surface area contributed by atoms with E-state index in [1.807, 2.05) is 29.7 Å². The average Bonchev–Trinajstić information content (AvgIpc) is 3.20. The number of aromatic amines is 1. The van der Waals surface area contributed by atoms with Crippen LogP contribution in [0.15, 0.2) is 35.1 Å². The van der Waals surface area contributed by atoms with E-state index in [9.17, 15) is 4.79 Å². The molecule has 0 saturated heterocycles. The molecule has 23 heavy (non-hydrogen) atoms. The number of rotatable bonds is 1. The molecule has 1 N–H and O–H groups in total. The third kappa shape index (κ3) is 1.81. The second kappa shape index (κ2) is 4.67. The molecule has 0 aliphatic heterocycles. The Hall–Kier alpha value is -1.68. The monoisotopic (exact) mass is 324 g/mol. The van der Waals surface area contributed by atoms with Gasteiger partial charge in [-0.2, -0.15) is 0 Å². The first-order chi connectivity index (χ1) is 11.1. The Morgan fingerprint density at radius 2 is 2.13 bits per heavy atom. The van der Waals surface area contributed by atoms with Crippen LogP contribution in [-0.2, 0) is 0 Å². The molecule has 5 atom stereocenters. The quantitative estimate of drug-likeness (QED) is 0.632. The van der Waals surface area contributed by atoms with Crippen molar-refractivity contribution in [3.05, 3.63) is 51.0 Å². The van der Waals surface area contributed by atoms with Gasteiger partial charge in [-0.05, 0) is 74.2 Å². The molecule has 2 fully saturated rings. The number of H-pyrrole nitrogens is 1. The zero-order valence-electron chi connectivity index (χ0n) is 13.2. The number of fused-ring (bicyclic) bond motifs is 6. The first-order valence-corrected chi connectivity index (χ1v) is 8.96. The van der Waals surface area contributed by atoms with Crippen molar-refractivity contribution in [2.45, 2.75) is 32.2 Å². The second-order valence-corrected chi connectivity index (χ2v) is 7.91. The molecule has 5 rings (SSSR count). The van der Waals surface area contributed by atoms with Crippen molar-refractivity contribution in [3.8, 4) is 0 Å². The summed E-state index contributed by atoms with van der Waals surface area (Å²) in [7, 11) is 0. The van der Waals surface area contributed by atoms with Gasteiger partial charge >= 0.3 is 0 Å². The lowest BCUT2D eigenvalue weighted by atomic mass is 9.79. The van der Waals surface area contributed by atoms with Crippen molar-refractivity contribution in [1.29, 1.82) is 0 Å². The SMILES string of the molecule is Cc1ccc2[nH]c(=S)n(C3CC4CC3C3C=CCC43)c(=O)c2c1. The van der Waals surface area contributed by atoms with E-state index in [-0.39, 0.29) is 11.6 Å². The molecule has 1 heterocycles. The molecule has 3 aliphatic rings. The van der Waals surface area contributed by atoms with Crippen LogP contribution in [0.2, 0.25) is 0 Å². The van der Waals surface area contributed by atoms with Crippen molar-refractivity contribution in [3.63, 3.8) is 0 Å². The molecule has 2 saturated carbocycles. The summed E-state index contributed by atoms with van der Waals surface area (Å²) in [5, 5.41) is 0.764. The van der Waals surface area contributed by atoms with Crippen LogP contribution in [0.1, 0.15) is 30.9 Å². The van der Waals surface area contributed by atoms with Crippen LogP contribution < -0.4 is 5.56 Å². The second-order valence-electron chi connectivity index (χ2n) is 7.52. The number of hydrogen-bond acceptors (Lipinski definition) is 2. The minimum Gasteiger partial charge on any atom is -0.332 e. The molecule has 1 aromatic carbocycles. The first kappa shape index (κ1) is 13.7. The van der Waals surface area contributed by atoms with Crippen molar-refractivity contribution in [1.82, 2.24) is 9.55 Å². The van der Waals surface area contributed by atoms with Gasteiger partial charge in [0, 0.05) is 6.04 Å². The lowest BCUT2D eigenvalue weighted by molar-refractivity contribution is 0.209. The summed E-state index contributed by atoms with van der Waals surface area (Å²) in [5.41, 5.74) is 2.05. The van der Waals surface area contributed by atoms with Gasteiger partial charge in [-0.25, -0.2) is 0 Å². The van der Waals surface area contributed by atoms with E-state index in [0.717, 1.165) is 34.7 Å². The van der Waals surface area contributed by atoms with Gasteiger partial charge in [0.1, 0.15) is 0 Å². The summed E-state index contributed by atoms with van der Waals surface area (Å²) in [6, 6.07) is 6.22. The van der Waals surface area contributed by atoms with Crippen LogP contribution in [0.5, 0.6) is 0 Å². The molecule has 3 nitrogen and oxygen atoms in total. The molecule has 0 radical (unpaired) electrons. The fourth-order valence-corrected chi connectivity index (χ4v) is 5.78. The van der Waals surface area contributed by atoms with Gasteiger partial charge in [-0.3, -0.25) is 9.36 Å². The Morgan fingerprint density at radius 3 is 3.00 bits per heavy atom. The normalized spacial score (nSPS) is 34.4. The van der Waals surface area contributed by atoms with E-state index in [1.54, 1.807) is 0 Å². The third-order valence-corrected chi connectivity index (χ3v) is 6.69. The topological polar surface area (TPSA) is 37.8 Å². The average molecular weight is 324 g/mol. The van der Waals surface area contributed by atoms with Crippen LogP contribution in [-0.4, -0.2) is 9.55 Å². The Balaban J connectivity index is 1.68. The van der Waals surface area contributed by atoms with Gasteiger partial charge in [0.25, 0.3) is 5.56 Å². The van der Waals surface area contributed by atoms with Crippen molar-refractivity contribution in [2.24, 2.45) is 23.7 Å². The van der Waals surface area contributed by atoms with Crippen LogP contribution >= 0.6 is 12.2 Å². The standard InChI is InChI=1S/C19H20N2OS/c1-10-5-6-16-15(7-10)18(22)21(19(23)20-16)17-9-11-8-14(17)13-4-2-3-12(11)13/h2,4-7,11-14,17H,3,8-9H2,1H3,(H,20,23). The Morgan fingerprint density at radius 1 is 1.26 bits per heavy atom. The van der Waals surface area contributed by atoms with Crippen LogP contribution in [0.3, 0.4) is 0 Å². The molecular formula is C19H20N2OS. The van der Waals surface area contributed by atoms with Crippen LogP contribution in [0.25, 0.3) is 10.9 Å². The maximum absolute atomic E-state index is 13.1. The van der Waals surface area contributed by atoms with E-state index < -0.39 is 0 Å². The Kier molecular flexibility index (Phi) is 2.79. The zero-order valence-corrected chi connectivity index (χ0v) is 14.0. The maximum atomic E-state index is 13.1. The van der Waals surface area contributed by atoms with Gasteiger partial charge < -0.3 is 4.98 Å². The van der Waals surface area contributed by atoms with Gasteiger partial charge in [-0.15, -0.1) is 0 Å². The summed E-state index contributed by atoms with van der Waals surface area (Å²) in [6.45, 7) is 2.02. The Labute approximate surface area is 140 Å². The van der Waals surface area contributed by atoms with E-state index in [2.05, 4.69) is 17.1 Å². The molecule has 2 aromatic rings. The number of nitrogens with zero attached hydrogens (tertiary/aromatic N) is 1. The van der Waals surface area contributed by atoms with Crippen molar-refractivity contribution < 1.29 is 0 Å². The molecule has 3 aliphatic carbocycles. The largest absolute Gasteiger partial charge is 0.332 e. The Bertz CT molecular complexity index is 954. The third-order valence-electron chi connectivity index (χ3n) is 6.39. The summed E-state index contributed by atoms with van der Waals surface area (Å²) in [6.07, 6.45) is 8.34. The van der Waals surface area contributed by atoms with E-state index in [4.69, 9.17) is 12.2 Å². The molecule has 5 unspecified atom stereocenters. The highest BCUT2D eigenvalue weighted by Gasteiger charge is 2.53. The predicted octanol–water partition coefficient (Wildman–Crippen LogP) is 4.14. The van der Waals surface area contributed by atoms with Gasteiger partial charge in [0.15, 0.2) is 4.77 Å². The molecule has 2 bridgehead atoms. The smallest absolute Gasteiger partial charge is 0.262 e. The number of benzene rings is 1. The van der Waals surface area contributed by atoms with Gasteiger partial charge in [-0.1, -0.05) is 23.8 Å². The highest BCUT2D eigenvalue weighted by molar-refractivity contribution is 7.71. The number of nitrogens with one attached hydrogen (secondary N) is 1. The van der Waals surface area contributed by atoms with Gasteiger partial charge in [0.2, 0.25) is 0 Å². The fourth-order valence-electron chi connectivity index (χ4n) is 5.45. The summed E-state index contributed by atoms with van der Waals surface area (Å²) < 4.78 is 2.48. The van der Waals surface area contributed by atoms with E-state index >= 15 is 0 Å². The van der Waals surface area contributed by atoms with E-state index in [1.165, 1.54) is 12.8 Å². The lowest BCUT2D eigenvalue weighted by Gasteiger charge is -2.32. The fraction of sp³-hybridized carbons (Fsp3) is 0.474. The molecule has 0 amide bonds. The highest BCUT2D eigenvalue weighted by atomic mass is 32.1. The van der Waals surface area contributed by atoms with Crippen molar-refractivity contribution in [2.75, 3.05) is 0 Å². The molecular weight excluding hydrogens is 304 g/mol. The number of allylic oxidation sites excluding steroid dienone is 2. The van der Waals surface area contributed by atoms with Crippen molar-refractivity contribution >= 4 is 23.1 Å². The molecule has 0 spiro atoms. The van der Waals surface area contributed by atoms with Crippen LogP contribution in [0, 0.1) is 35.4 Å². The first-order valence-electron chi connectivity index (χ1n) is 8.55. The lowest BCUT2D eigenvalue weighted by Crippen LogP contribution is -2.34. The maximum Gasteiger partial charge on any atom is 0.262 e. The summed E-state index contributed by atoms with van der Waals surface area (Å²) in [4.78, 5) is 16.4. The molecule has 1 aromatic heterocycles. The zero-order chi connectivity index (χ0) is 15.7. The minimum absolute atomic E-state index is 0.0866. The number of aromatic nitrogens is 2. The highest BCUT2D eigenvalue weighted by Crippen LogP contribution is 2.60. The molecule has 4 heteroatoms. The molecule has 118 valence electrons.